The van der Waals surface area contributed by atoms with E-state index < -0.39 is 11.7 Å². The summed E-state index contributed by atoms with van der Waals surface area (Å²) in [6, 6.07) is 0. The van der Waals surface area contributed by atoms with E-state index in [0.717, 1.165) is 12.8 Å². The normalized spacial score (nSPS) is 29.4. The zero-order valence-corrected chi connectivity index (χ0v) is 8.34. The Kier molecular flexibility index (Phi) is 2.24. The minimum atomic E-state index is -0.793. The Morgan fingerprint density at radius 2 is 2.43 bits per heavy atom. The average Bonchev–Trinajstić information content (AvgIpc) is 2.74. The molecule has 0 saturated carbocycles. The second-order valence-electron chi connectivity index (χ2n) is 3.80. The van der Waals surface area contributed by atoms with Gasteiger partial charge in [-0.05, 0) is 25.0 Å². The van der Waals surface area contributed by atoms with E-state index in [9.17, 15) is 5.11 Å². The highest BCUT2D eigenvalue weighted by Gasteiger charge is 2.40. The number of aryl methyl sites for hydroxylation is 1. The fraction of sp³-hybridized carbons (Fsp3) is 0.875. The van der Waals surface area contributed by atoms with Crippen molar-refractivity contribution >= 4 is 0 Å². The van der Waals surface area contributed by atoms with Crippen molar-refractivity contribution in [3.8, 4) is 0 Å². The Bertz CT molecular complexity index is 319. The predicted octanol–water partition coefficient (Wildman–Crippen LogP) is -0.187. The number of hydrogen-bond acceptors (Lipinski definition) is 5. The van der Waals surface area contributed by atoms with E-state index >= 15 is 0 Å². The molecule has 1 aromatic rings. The first kappa shape index (κ1) is 9.54. The lowest BCUT2D eigenvalue weighted by molar-refractivity contribution is -0.0832. The number of rotatable bonds is 2. The summed E-state index contributed by atoms with van der Waals surface area (Å²) in [6.45, 7) is 2.56. The molecular formula is C8H14N4O2. The highest BCUT2D eigenvalue weighted by atomic mass is 16.5. The minimum Gasteiger partial charge on any atom is -0.382 e. The van der Waals surface area contributed by atoms with Gasteiger partial charge in [0.1, 0.15) is 6.10 Å². The van der Waals surface area contributed by atoms with Crippen LogP contribution in [0.25, 0.3) is 0 Å². The van der Waals surface area contributed by atoms with Gasteiger partial charge in [-0.1, -0.05) is 0 Å². The second kappa shape index (κ2) is 3.29. The molecule has 2 heterocycles. The monoisotopic (exact) mass is 198 g/mol. The molecule has 1 aliphatic rings. The summed E-state index contributed by atoms with van der Waals surface area (Å²) in [7, 11) is 1.67. The van der Waals surface area contributed by atoms with Crippen LogP contribution in [0.5, 0.6) is 0 Å². The van der Waals surface area contributed by atoms with Gasteiger partial charge >= 0.3 is 0 Å². The molecule has 0 radical (unpaired) electrons. The SMILES string of the molecule is Cn1nnc(C(O)C2(C)CCCO2)n1. The van der Waals surface area contributed by atoms with Gasteiger partial charge in [-0.25, -0.2) is 0 Å². The molecule has 0 spiro atoms. The van der Waals surface area contributed by atoms with Crippen LogP contribution in [-0.2, 0) is 11.8 Å². The number of hydrogen-bond donors (Lipinski definition) is 1. The van der Waals surface area contributed by atoms with Gasteiger partial charge in [0.15, 0.2) is 0 Å². The third-order valence-electron chi connectivity index (χ3n) is 2.60. The number of ether oxygens (including phenoxy) is 1. The van der Waals surface area contributed by atoms with E-state index in [1.54, 1.807) is 7.05 Å². The molecular weight excluding hydrogens is 184 g/mol. The van der Waals surface area contributed by atoms with E-state index in [4.69, 9.17) is 4.74 Å². The van der Waals surface area contributed by atoms with E-state index in [-0.39, 0.29) is 0 Å². The largest absolute Gasteiger partial charge is 0.382 e. The molecule has 0 aliphatic carbocycles. The molecule has 2 unspecified atom stereocenters. The molecule has 2 rings (SSSR count). The number of aliphatic hydroxyl groups excluding tert-OH is 1. The van der Waals surface area contributed by atoms with E-state index in [1.165, 1.54) is 4.80 Å². The first-order valence-corrected chi connectivity index (χ1v) is 4.68. The Balaban J connectivity index is 2.18. The summed E-state index contributed by atoms with van der Waals surface area (Å²) >= 11 is 0. The topological polar surface area (TPSA) is 73.1 Å². The molecule has 0 bridgehead atoms. The molecule has 14 heavy (non-hydrogen) atoms. The van der Waals surface area contributed by atoms with Crippen LogP contribution in [0, 0.1) is 0 Å². The van der Waals surface area contributed by atoms with Crippen molar-refractivity contribution < 1.29 is 9.84 Å². The van der Waals surface area contributed by atoms with Crippen molar-refractivity contribution in [2.24, 2.45) is 7.05 Å². The van der Waals surface area contributed by atoms with Crippen LogP contribution in [0.15, 0.2) is 0 Å². The van der Waals surface area contributed by atoms with E-state index in [0.29, 0.717) is 12.4 Å². The summed E-state index contributed by atoms with van der Waals surface area (Å²) in [5.74, 6) is 0.330. The van der Waals surface area contributed by atoms with Crippen molar-refractivity contribution in [1.82, 2.24) is 20.2 Å². The van der Waals surface area contributed by atoms with Crippen molar-refractivity contribution in [1.29, 1.82) is 0 Å². The van der Waals surface area contributed by atoms with Crippen LogP contribution >= 0.6 is 0 Å². The Hall–Kier alpha value is -1.01. The summed E-state index contributed by atoms with van der Waals surface area (Å²) in [6.07, 6.45) is 0.999. The fourth-order valence-corrected chi connectivity index (χ4v) is 1.70. The molecule has 2 atom stereocenters. The lowest BCUT2D eigenvalue weighted by Crippen LogP contribution is -2.32. The number of aromatic nitrogens is 4. The summed E-state index contributed by atoms with van der Waals surface area (Å²) in [5.41, 5.74) is -0.553. The van der Waals surface area contributed by atoms with Crippen LogP contribution in [0.3, 0.4) is 0 Å². The molecule has 0 amide bonds. The average molecular weight is 198 g/mol. The van der Waals surface area contributed by atoms with Gasteiger partial charge in [0.2, 0.25) is 5.82 Å². The zero-order valence-electron chi connectivity index (χ0n) is 8.34. The molecule has 1 fully saturated rings. The van der Waals surface area contributed by atoms with Crippen LogP contribution in [0.2, 0.25) is 0 Å². The van der Waals surface area contributed by atoms with Gasteiger partial charge in [0.25, 0.3) is 0 Å². The van der Waals surface area contributed by atoms with Crippen molar-refractivity contribution in [3.05, 3.63) is 5.82 Å². The van der Waals surface area contributed by atoms with Crippen LogP contribution < -0.4 is 0 Å². The van der Waals surface area contributed by atoms with Crippen LogP contribution in [-0.4, -0.2) is 37.5 Å². The third kappa shape index (κ3) is 1.51. The molecule has 1 saturated heterocycles. The molecule has 1 aromatic heterocycles. The van der Waals surface area contributed by atoms with Gasteiger partial charge in [0, 0.05) is 6.61 Å². The zero-order chi connectivity index (χ0) is 10.2. The lowest BCUT2D eigenvalue weighted by atomic mass is 9.95. The van der Waals surface area contributed by atoms with Gasteiger partial charge in [0.05, 0.1) is 12.6 Å². The highest BCUT2D eigenvalue weighted by molar-refractivity contribution is 4.98. The standard InChI is InChI=1S/C8H14N4O2/c1-8(4-3-5-14-8)6(13)7-9-11-12(2)10-7/h6,13H,3-5H2,1-2H3. The first-order valence-electron chi connectivity index (χ1n) is 4.68. The third-order valence-corrected chi connectivity index (χ3v) is 2.60. The molecule has 78 valence electrons. The minimum absolute atomic E-state index is 0.330. The molecule has 0 aromatic carbocycles. The van der Waals surface area contributed by atoms with Crippen LogP contribution in [0.1, 0.15) is 31.7 Å². The van der Waals surface area contributed by atoms with Gasteiger partial charge in [-0.3, -0.25) is 0 Å². The van der Waals surface area contributed by atoms with E-state index in [2.05, 4.69) is 15.4 Å². The number of tetrazole rings is 1. The number of aliphatic hydroxyl groups is 1. The maximum Gasteiger partial charge on any atom is 0.206 e. The Labute approximate surface area is 81.9 Å². The quantitative estimate of drug-likeness (QED) is 0.713. The molecule has 6 heteroatoms. The highest BCUT2D eigenvalue weighted by Crippen LogP contribution is 2.35. The molecule has 1 N–H and O–H groups in total. The maximum atomic E-state index is 9.99. The van der Waals surface area contributed by atoms with E-state index in [1.807, 2.05) is 6.92 Å². The van der Waals surface area contributed by atoms with Gasteiger partial charge in [-0.15, -0.1) is 10.2 Å². The Morgan fingerprint density at radius 3 is 2.93 bits per heavy atom. The molecule has 6 nitrogen and oxygen atoms in total. The maximum absolute atomic E-state index is 9.99. The van der Waals surface area contributed by atoms with Crippen molar-refractivity contribution in [2.45, 2.75) is 31.5 Å². The molecule has 1 aliphatic heterocycles. The summed E-state index contributed by atoms with van der Waals surface area (Å²) in [4.78, 5) is 1.33. The number of nitrogens with zero attached hydrogens (tertiary/aromatic N) is 4. The lowest BCUT2D eigenvalue weighted by Gasteiger charge is -2.26. The van der Waals surface area contributed by atoms with Crippen molar-refractivity contribution in [3.63, 3.8) is 0 Å². The Morgan fingerprint density at radius 1 is 1.64 bits per heavy atom. The second-order valence-corrected chi connectivity index (χ2v) is 3.80. The summed E-state index contributed by atoms with van der Waals surface area (Å²) in [5, 5.41) is 21.4. The van der Waals surface area contributed by atoms with Gasteiger partial charge in [-0.2, -0.15) is 4.80 Å². The van der Waals surface area contributed by atoms with Crippen LogP contribution in [0.4, 0.5) is 0 Å². The van der Waals surface area contributed by atoms with Crippen molar-refractivity contribution in [2.75, 3.05) is 6.61 Å². The summed E-state index contributed by atoms with van der Waals surface area (Å²) < 4.78 is 5.50. The van der Waals surface area contributed by atoms with Gasteiger partial charge < -0.3 is 9.84 Å². The smallest absolute Gasteiger partial charge is 0.206 e. The first-order chi connectivity index (χ1) is 6.62. The predicted molar refractivity (Wildman–Crippen MR) is 47.3 cm³/mol. The fourth-order valence-electron chi connectivity index (χ4n) is 1.70.